The summed E-state index contributed by atoms with van der Waals surface area (Å²) < 4.78 is 1.47. The summed E-state index contributed by atoms with van der Waals surface area (Å²) in [6, 6.07) is 3.48. The molecular formula is C18H22N6O. The Hall–Kier alpha value is -2.54. The molecule has 3 aromatic heterocycles. The first kappa shape index (κ1) is 16.0. The maximum absolute atomic E-state index is 12.2. The molecule has 0 aromatic carbocycles. The first-order valence-corrected chi connectivity index (χ1v) is 8.45. The molecule has 0 unspecified atom stereocenters. The van der Waals surface area contributed by atoms with E-state index in [0.29, 0.717) is 12.2 Å². The van der Waals surface area contributed by atoms with E-state index in [1.807, 2.05) is 19.2 Å². The maximum Gasteiger partial charge on any atom is 0.272 e. The molecular weight excluding hydrogens is 316 g/mol. The van der Waals surface area contributed by atoms with Crippen LogP contribution in [0.5, 0.6) is 0 Å². The number of fused-ring (bicyclic) bond motifs is 2. The second-order valence-corrected chi connectivity index (χ2v) is 7.78. The summed E-state index contributed by atoms with van der Waals surface area (Å²) in [6.45, 7) is 10.4. The fraction of sp³-hybridized carbons (Fsp3) is 0.444. The van der Waals surface area contributed by atoms with Crippen LogP contribution in [0, 0.1) is 6.92 Å². The van der Waals surface area contributed by atoms with E-state index in [-0.39, 0.29) is 11.0 Å². The van der Waals surface area contributed by atoms with Gasteiger partial charge >= 0.3 is 0 Å². The molecule has 0 atom stereocenters. The molecule has 25 heavy (non-hydrogen) atoms. The molecule has 7 heteroatoms. The van der Waals surface area contributed by atoms with E-state index in [9.17, 15) is 4.79 Å². The standard InChI is InChI=1S/C18H22N6O/c1-11-5-15-20-13(6-16(25)24(15)22-11)9-23-8-12-7-19-17(18(2,3)4)21-14(12)10-23/h5-7,22H,8-10H2,1-4H3. The van der Waals surface area contributed by atoms with E-state index in [1.54, 1.807) is 6.07 Å². The van der Waals surface area contributed by atoms with E-state index in [4.69, 9.17) is 4.98 Å². The van der Waals surface area contributed by atoms with Crippen molar-refractivity contribution in [3.8, 4) is 0 Å². The Morgan fingerprint density at radius 1 is 1.20 bits per heavy atom. The van der Waals surface area contributed by atoms with Crippen molar-refractivity contribution in [3.05, 3.63) is 57.2 Å². The summed E-state index contributed by atoms with van der Waals surface area (Å²) >= 11 is 0. The lowest BCUT2D eigenvalue weighted by Gasteiger charge is -2.16. The molecule has 4 heterocycles. The van der Waals surface area contributed by atoms with Crippen molar-refractivity contribution in [2.24, 2.45) is 0 Å². The lowest BCUT2D eigenvalue weighted by molar-refractivity contribution is 0.270. The summed E-state index contributed by atoms with van der Waals surface area (Å²) in [5.41, 5.74) is 4.45. The number of aryl methyl sites for hydroxylation is 1. The van der Waals surface area contributed by atoms with Gasteiger partial charge in [0.1, 0.15) is 5.82 Å². The zero-order valence-electron chi connectivity index (χ0n) is 15.0. The van der Waals surface area contributed by atoms with Crippen LogP contribution in [0.15, 0.2) is 23.1 Å². The first-order chi connectivity index (χ1) is 11.8. The minimum atomic E-state index is -0.0837. The van der Waals surface area contributed by atoms with Gasteiger partial charge in [0.2, 0.25) is 0 Å². The predicted octanol–water partition coefficient (Wildman–Crippen LogP) is 1.93. The third kappa shape index (κ3) is 2.95. The van der Waals surface area contributed by atoms with Gasteiger partial charge < -0.3 is 0 Å². The quantitative estimate of drug-likeness (QED) is 0.772. The molecule has 0 spiro atoms. The topological polar surface area (TPSA) is 79.2 Å². The third-order valence-corrected chi connectivity index (χ3v) is 4.41. The van der Waals surface area contributed by atoms with Crippen LogP contribution >= 0.6 is 0 Å². The molecule has 0 saturated heterocycles. The van der Waals surface area contributed by atoms with Gasteiger partial charge in [-0.15, -0.1) is 0 Å². The Labute approximate surface area is 145 Å². The Bertz CT molecular complexity index is 1010. The number of hydrogen-bond acceptors (Lipinski definition) is 5. The van der Waals surface area contributed by atoms with Crippen molar-refractivity contribution in [1.29, 1.82) is 0 Å². The number of nitrogens with zero attached hydrogens (tertiary/aromatic N) is 5. The highest BCUT2D eigenvalue weighted by atomic mass is 16.1. The largest absolute Gasteiger partial charge is 0.294 e. The molecule has 7 nitrogen and oxygen atoms in total. The van der Waals surface area contributed by atoms with Crippen LogP contribution in [-0.2, 0) is 25.0 Å². The van der Waals surface area contributed by atoms with E-state index in [0.717, 1.165) is 41.6 Å². The lowest BCUT2D eigenvalue weighted by atomic mass is 9.95. The average Bonchev–Trinajstić information content (AvgIpc) is 3.07. The molecule has 1 aliphatic rings. The van der Waals surface area contributed by atoms with Gasteiger partial charge in [0.05, 0.1) is 11.4 Å². The van der Waals surface area contributed by atoms with E-state index < -0.39 is 0 Å². The normalized spacial score (nSPS) is 15.0. The van der Waals surface area contributed by atoms with Crippen LogP contribution in [0.3, 0.4) is 0 Å². The second-order valence-electron chi connectivity index (χ2n) is 7.78. The predicted molar refractivity (Wildman–Crippen MR) is 94.2 cm³/mol. The van der Waals surface area contributed by atoms with Crippen molar-refractivity contribution >= 4 is 5.65 Å². The summed E-state index contributed by atoms with van der Waals surface area (Å²) in [6.07, 6.45) is 1.93. The van der Waals surface area contributed by atoms with Crippen LogP contribution in [0.2, 0.25) is 0 Å². The number of hydrogen-bond donors (Lipinski definition) is 1. The Kier molecular flexibility index (Phi) is 3.50. The number of nitrogens with one attached hydrogen (secondary N) is 1. The molecule has 1 N–H and O–H groups in total. The average molecular weight is 338 g/mol. The van der Waals surface area contributed by atoms with Crippen LogP contribution in [0.4, 0.5) is 0 Å². The number of rotatable bonds is 2. The smallest absolute Gasteiger partial charge is 0.272 e. The second kappa shape index (κ2) is 5.49. The fourth-order valence-electron chi connectivity index (χ4n) is 3.16. The molecule has 1 aliphatic heterocycles. The Morgan fingerprint density at radius 2 is 2.00 bits per heavy atom. The summed E-state index contributed by atoms with van der Waals surface area (Å²) in [5.74, 6) is 0.869. The number of aromatic nitrogens is 5. The van der Waals surface area contributed by atoms with Crippen molar-refractivity contribution in [2.75, 3.05) is 0 Å². The van der Waals surface area contributed by atoms with Gasteiger partial charge in [-0.3, -0.25) is 14.8 Å². The molecule has 0 amide bonds. The highest BCUT2D eigenvalue weighted by Gasteiger charge is 2.25. The Balaban J connectivity index is 1.57. The molecule has 0 saturated carbocycles. The highest BCUT2D eigenvalue weighted by Crippen LogP contribution is 2.25. The summed E-state index contributed by atoms with van der Waals surface area (Å²) in [7, 11) is 0. The third-order valence-electron chi connectivity index (χ3n) is 4.41. The molecule has 4 rings (SSSR count). The van der Waals surface area contributed by atoms with Gasteiger partial charge in [-0.1, -0.05) is 20.8 Å². The summed E-state index contributed by atoms with van der Waals surface area (Å²) in [4.78, 5) is 28.3. The van der Waals surface area contributed by atoms with Crippen LogP contribution < -0.4 is 5.56 Å². The van der Waals surface area contributed by atoms with Crippen LogP contribution in [0.1, 0.15) is 49.2 Å². The van der Waals surface area contributed by atoms with E-state index in [1.165, 1.54) is 4.52 Å². The molecule has 0 radical (unpaired) electrons. The Morgan fingerprint density at radius 3 is 2.76 bits per heavy atom. The van der Waals surface area contributed by atoms with E-state index in [2.05, 4.69) is 40.7 Å². The van der Waals surface area contributed by atoms with Crippen molar-refractivity contribution < 1.29 is 0 Å². The van der Waals surface area contributed by atoms with Gasteiger partial charge in [0.15, 0.2) is 5.65 Å². The molecule has 130 valence electrons. The zero-order valence-corrected chi connectivity index (χ0v) is 15.0. The van der Waals surface area contributed by atoms with Crippen molar-refractivity contribution in [1.82, 2.24) is 29.5 Å². The maximum atomic E-state index is 12.2. The first-order valence-electron chi connectivity index (χ1n) is 8.45. The highest BCUT2D eigenvalue weighted by molar-refractivity contribution is 5.39. The molecule has 0 bridgehead atoms. The van der Waals surface area contributed by atoms with Gasteiger partial charge in [0, 0.05) is 54.6 Å². The number of H-pyrrole nitrogens is 1. The van der Waals surface area contributed by atoms with E-state index >= 15 is 0 Å². The SMILES string of the molecule is Cc1cc2nc(CN3Cc4cnc(C(C)(C)C)nc4C3)cc(=O)n2[nH]1. The van der Waals surface area contributed by atoms with Gasteiger partial charge in [-0.2, -0.15) is 0 Å². The van der Waals surface area contributed by atoms with Crippen molar-refractivity contribution in [3.63, 3.8) is 0 Å². The minimum absolute atomic E-state index is 0.0597. The minimum Gasteiger partial charge on any atom is -0.294 e. The molecule has 0 aliphatic carbocycles. The van der Waals surface area contributed by atoms with Crippen LogP contribution in [-0.4, -0.2) is 29.5 Å². The monoisotopic (exact) mass is 338 g/mol. The number of aromatic amines is 1. The van der Waals surface area contributed by atoms with Gasteiger partial charge in [0.25, 0.3) is 5.56 Å². The van der Waals surface area contributed by atoms with Gasteiger partial charge in [-0.05, 0) is 6.92 Å². The fourth-order valence-corrected chi connectivity index (χ4v) is 3.16. The van der Waals surface area contributed by atoms with Crippen LogP contribution in [0.25, 0.3) is 5.65 Å². The lowest BCUT2D eigenvalue weighted by Crippen LogP contribution is -2.21. The molecule has 0 fully saturated rings. The van der Waals surface area contributed by atoms with Gasteiger partial charge in [-0.25, -0.2) is 19.5 Å². The molecule has 3 aromatic rings. The zero-order chi connectivity index (χ0) is 17.8. The van der Waals surface area contributed by atoms with Crippen molar-refractivity contribution in [2.45, 2.75) is 52.7 Å². The summed E-state index contributed by atoms with van der Waals surface area (Å²) in [5, 5.41) is 2.99.